The van der Waals surface area contributed by atoms with Gasteiger partial charge in [0.2, 0.25) is 0 Å². The minimum atomic E-state index is 0.202. The second-order valence-corrected chi connectivity index (χ2v) is 8.33. The molecule has 150 valence electrons. The maximum atomic E-state index is 10.7. The van der Waals surface area contributed by atoms with E-state index in [1.807, 2.05) is 18.3 Å². The quantitative estimate of drug-likeness (QED) is 0.752. The normalized spacial score (nSPS) is 20.7. The molecule has 3 aliphatic heterocycles. The van der Waals surface area contributed by atoms with E-state index in [1.165, 1.54) is 12.0 Å². The Kier molecular flexibility index (Phi) is 4.47. The van der Waals surface area contributed by atoms with E-state index in [0.29, 0.717) is 16.7 Å². The summed E-state index contributed by atoms with van der Waals surface area (Å²) in [7, 11) is 0. The highest BCUT2D eigenvalue weighted by Crippen LogP contribution is 2.35. The molecular weight excluding hydrogens is 364 g/mol. The zero-order chi connectivity index (χ0) is 19.8. The van der Waals surface area contributed by atoms with Crippen LogP contribution < -0.4 is 5.32 Å². The van der Waals surface area contributed by atoms with Gasteiger partial charge in [0, 0.05) is 55.3 Å². The largest absolute Gasteiger partial charge is 0.507 e. The third-order valence-corrected chi connectivity index (χ3v) is 6.36. The maximum Gasteiger partial charge on any atom is 0.131 e. The summed E-state index contributed by atoms with van der Waals surface area (Å²) >= 11 is 0. The predicted molar refractivity (Wildman–Crippen MR) is 114 cm³/mol. The molecule has 7 heteroatoms. The van der Waals surface area contributed by atoms with Gasteiger partial charge >= 0.3 is 0 Å². The van der Waals surface area contributed by atoms with E-state index in [0.717, 1.165) is 56.0 Å². The topological polar surface area (TPSA) is 88.9 Å². The first-order valence-corrected chi connectivity index (χ1v) is 10.3. The molecule has 2 saturated heterocycles. The smallest absolute Gasteiger partial charge is 0.131 e. The van der Waals surface area contributed by atoms with Crippen molar-refractivity contribution < 1.29 is 5.11 Å². The molecule has 2 fully saturated rings. The van der Waals surface area contributed by atoms with Gasteiger partial charge < -0.3 is 15.3 Å². The minimum absolute atomic E-state index is 0.202. The third kappa shape index (κ3) is 3.35. The summed E-state index contributed by atoms with van der Waals surface area (Å²) in [5.41, 5.74) is 4.98. The molecular formula is C22H26N6O. The SMILES string of the molecule is CCC1=CC(c2ccc(-c3cn[nH]c3)cc2O)=NN=C(N2CCC3(CNC3)C2)C1. The van der Waals surface area contributed by atoms with Crippen molar-refractivity contribution in [1.29, 1.82) is 0 Å². The lowest BCUT2D eigenvalue weighted by Crippen LogP contribution is -2.55. The Labute approximate surface area is 170 Å². The van der Waals surface area contributed by atoms with E-state index in [-0.39, 0.29) is 5.75 Å². The first kappa shape index (κ1) is 18.1. The van der Waals surface area contributed by atoms with Crippen molar-refractivity contribution in [3.05, 3.63) is 47.8 Å². The number of rotatable bonds is 3. The molecule has 0 amide bonds. The van der Waals surface area contributed by atoms with Crippen LogP contribution in [0.15, 0.2) is 52.4 Å². The number of hydrogen-bond acceptors (Lipinski definition) is 6. The van der Waals surface area contributed by atoms with Crippen LogP contribution in [0.5, 0.6) is 5.75 Å². The van der Waals surface area contributed by atoms with Gasteiger partial charge in [-0.15, -0.1) is 10.2 Å². The van der Waals surface area contributed by atoms with Gasteiger partial charge in [0.15, 0.2) is 0 Å². The van der Waals surface area contributed by atoms with E-state index in [1.54, 1.807) is 12.3 Å². The number of nitrogens with one attached hydrogen (secondary N) is 2. The fourth-order valence-electron chi connectivity index (χ4n) is 4.42. The van der Waals surface area contributed by atoms with Crippen LogP contribution in [0.25, 0.3) is 11.1 Å². The van der Waals surface area contributed by atoms with E-state index < -0.39 is 0 Å². The Morgan fingerprint density at radius 2 is 2.10 bits per heavy atom. The number of H-pyrrole nitrogens is 1. The molecule has 0 radical (unpaired) electrons. The molecule has 0 atom stereocenters. The molecule has 2 aromatic rings. The van der Waals surface area contributed by atoms with E-state index in [2.05, 4.69) is 43.6 Å². The van der Waals surface area contributed by atoms with Crippen LogP contribution >= 0.6 is 0 Å². The van der Waals surface area contributed by atoms with Gasteiger partial charge in [0.05, 0.1) is 11.9 Å². The van der Waals surface area contributed by atoms with Crippen LogP contribution in [0, 0.1) is 5.41 Å². The van der Waals surface area contributed by atoms with E-state index in [4.69, 9.17) is 0 Å². The third-order valence-electron chi connectivity index (χ3n) is 6.36. The maximum absolute atomic E-state index is 10.7. The van der Waals surface area contributed by atoms with Gasteiger partial charge in [0.1, 0.15) is 11.6 Å². The highest BCUT2D eigenvalue weighted by molar-refractivity contribution is 6.12. The van der Waals surface area contributed by atoms with Gasteiger partial charge in [-0.25, -0.2) is 0 Å². The first-order chi connectivity index (χ1) is 14.2. The number of phenols is 1. The molecule has 3 N–H and O–H groups in total. The molecule has 0 saturated carbocycles. The summed E-state index contributed by atoms with van der Waals surface area (Å²) < 4.78 is 0. The van der Waals surface area contributed by atoms with Crippen molar-refractivity contribution in [2.45, 2.75) is 26.2 Å². The molecule has 1 aromatic carbocycles. The van der Waals surface area contributed by atoms with Gasteiger partial charge in [-0.2, -0.15) is 5.10 Å². The summed E-state index contributed by atoms with van der Waals surface area (Å²) in [5.74, 6) is 1.25. The Hall–Kier alpha value is -2.93. The number of likely N-dealkylation sites (tertiary alicyclic amines) is 1. The van der Waals surface area contributed by atoms with Crippen LogP contribution in [0.2, 0.25) is 0 Å². The summed E-state index contributed by atoms with van der Waals surface area (Å²) in [4.78, 5) is 2.40. The fourth-order valence-corrected chi connectivity index (χ4v) is 4.42. The zero-order valence-electron chi connectivity index (χ0n) is 16.6. The van der Waals surface area contributed by atoms with Gasteiger partial charge in [-0.3, -0.25) is 5.10 Å². The Balaban J connectivity index is 1.44. The molecule has 3 aliphatic rings. The van der Waals surface area contributed by atoms with Gasteiger partial charge in [-0.05, 0) is 36.6 Å². The van der Waals surface area contributed by atoms with Crippen molar-refractivity contribution in [2.75, 3.05) is 26.2 Å². The highest BCUT2D eigenvalue weighted by Gasteiger charge is 2.43. The average molecular weight is 390 g/mol. The second-order valence-electron chi connectivity index (χ2n) is 8.33. The van der Waals surface area contributed by atoms with Crippen LogP contribution in [-0.2, 0) is 0 Å². The van der Waals surface area contributed by atoms with Crippen LogP contribution in [0.1, 0.15) is 31.7 Å². The lowest BCUT2D eigenvalue weighted by molar-refractivity contribution is 0.185. The van der Waals surface area contributed by atoms with Crippen LogP contribution in [-0.4, -0.2) is 57.9 Å². The number of allylic oxidation sites excluding steroid dienone is 1. The lowest BCUT2D eigenvalue weighted by Gasteiger charge is -2.39. The molecule has 0 unspecified atom stereocenters. The van der Waals surface area contributed by atoms with E-state index >= 15 is 0 Å². The number of phenolic OH excluding ortho intramolecular Hbond substituents is 1. The van der Waals surface area contributed by atoms with Crippen molar-refractivity contribution >= 4 is 11.5 Å². The van der Waals surface area contributed by atoms with Crippen molar-refractivity contribution in [2.24, 2.45) is 15.6 Å². The average Bonchev–Trinajstić information content (AvgIpc) is 3.35. The monoisotopic (exact) mass is 390 g/mol. The first-order valence-electron chi connectivity index (χ1n) is 10.3. The second kappa shape index (κ2) is 7.15. The molecule has 7 nitrogen and oxygen atoms in total. The lowest BCUT2D eigenvalue weighted by atomic mass is 9.81. The van der Waals surface area contributed by atoms with Gasteiger partial charge in [-0.1, -0.05) is 18.6 Å². The number of aromatic amines is 1. The molecule has 5 rings (SSSR count). The Morgan fingerprint density at radius 3 is 2.76 bits per heavy atom. The summed E-state index contributed by atoms with van der Waals surface area (Å²) in [6.07, 6.45) is 8.61. The van der Waals surface area contributed by atoms with E-state index in [9.17, 15) is 5.11 Å². The molecule has 0 bridgehead atoms. The van der Waals surface area contributed by atoms with Crippen molar-refractivity contribution in [1.82, 2.24) is 20.4 Å². The Bertz CT molecular complexity index is 1000. The number of hydrogen-bond donors (Lipinski definition) is 3. The fraction of sp³-hybridized carbons (Fsp3) is 0.409. The number of amidine groups is 1. The summed E-state index contributed by atoms with van der Waals surface area (Å²) in [6.45, 7) is 6.49. The standard InChI is InChI=1S/C22H26N6O/c1-2-15-7-19(18-4-3-16(9-20(18)29)17-10-24-25-11-17)26-27-21(8-15)28-6-5-22(14-28)12-23-13-22/h3-4,7,9-11,23,29H,2,5-6,8,12-14H2,1H3,(H,24,25). The number of benzene rings is 1. The van der Waals surface area contributed by atoms with Crippen LogP contribution in [0.4, 0.5) is 0 Å². The number of nitrogens with zero attached hydrogens (tertiary/aromatic N) is 4. The predicted octanol–water partition coefficient (Wildman–Crippen LogP) is 2.92. The number of aromatic hydroxyl groups is 1. The van der Waals surface area contributed by atoms with Gasteiger partial charge in [0.25, 0.3) is 0 Å². The molecule has 1 spiro atoms. The number of aromatic nitrogens is 2. The van der Waals surface area contributed by atoms with Crippen molar-refractivity contribution in [3.8, 4) is 16.9 Å². The molecule has 1 aromatic heterocycles. The van der Waals surface area contributed by atoms with Crippen molar-refractivity contribution in [3.63, 3.8) is 0 Å². The van der Waals surface area contributed by atoms with Crippen LogP contribution in [0.3, 0.4) is 0 Å². The zero-order valence-corrected chi connectivity index (χ0v) is 16.6. The Morgan fingerprint density at radius 1 is 1.21 bits per heavy atom. The summed E-state index contributed by atoms with van der Waals surface area (Å²) in [6, 6.07) is 5.64. The summed E-state index contributed by atoms with van der Waals surface area (Å²) in [5, 5.41) is 30.0. The minimum Gasteiger partial charge on any atom is -0.507 e. The molecule has 29 heavy (non-hydrogen) atoms. The highest BCUT2D eigenvalue weighted by atomic mass is 16.3. The molecule has 0 aliphatic carbocycles. The molecule has 4 heterocycles.